The van der Waals surface area contributed by atoms with Crippen molar-refractivity contribution >= 4 is 27.5 Å². The third-order valence-electron chi connectivity index (χ3n) is 5.17. The van der Waals surface area contributed by atoms with E-state index in [4.69, 9.17) is 0 Å². The molecule has 0 radical (unpaired) electrons. The fourth-order valence-corrected chi connectivity index (χ4v) is 4.42. The largest absolute Gasteiger partial charge is 0.332 e. The first kappa shape index (κ1) is 24.2. The highest BCUT2D eigenvalue weighted by Crippen LogP contribution is 2.19. The van der Waals surface area contributed by atoms with Crippen LogP contribution in [-0.2, 0) is 21.4 Å². The van der Waals surface area contributed by atoms with Crippen LogP contribution in [0.2, 0.25) is 0 Å². The average Bonchev–Trinajstić information content (AvgIpc) is 2.80. The van der Waals surface area contributed by atoms with Crippen molar-refractivity contribution in [2.45, 2.75) is 25.3 Å². The average molecular weight is 466 g/mol. The van der Waals surface area contributed by atoms with Gasteiger partial charge in [-0.15, -0.1) is 0 Å². The molecular weight excluding hydrogens is 438 g/mol. The minimum absolute atomic E-state index is 0.0160. The van der Waals surface area contributed by atoms with Crippen molar-refractivity contribution in [1.82, 2.24) is 9.62 Å². The van der Waals surface area contributed by atoms with Gasteiger partial charge >= 0.3 is 0 Å². The summed E-state index contributed by atoms with van der Waals surface area (Å²) in [5, 5.41) is 2.84. The lowest BCUT2D eigenvalue weighted by Crippen LogP contribution is -2.35. The highest BCUT2D eigenvalue weighted by atomic mass is 32.2. The van der Waals surface area contributed by atoms with E-state index >= 15 is 0 Å². The van der Waals surface area contributed by atoms with E-state index < -0.39 is 15.9 Å². The normalized spacial score (nSPS) is 11.1. The molecule has 8 heteroatoms. The summed E-state index contributed by atoms with van der Waals surface area (Å²) in [6.07, 6.45) is 0. The summed E-state index contributed by atoms with van der Waals surface area (Å²) in [4.78, 5) is 26.6. The molecule has 172 valence electrons. The smallest absolute Gasteiger partial charge is 0.254 e. The second-order valence-corrected chi connectivity index (χ2v) is 9.58. The van der Waals surface area contributed by atoms with Crippen molar-refractivity contribution < 1.29 is 18.0 Å². The number of aryl methyl sites for hydroxylation is 2. The number of sulfonamides is 1. The third-order valence-corrected chi connectivity index (χ3v) is 6.57. The van der Waals surface area contributed by atoms with Crippen molar-refractivity contribution in [3.63, 3.8) is 0 Å². The molecule has 2 amide bonds. The molecule has 0 spiro atoms. The lowest BCUT2D eigenvalue weighted by Gasteiger charge is -2.18. The van der Waals surface area contributed by atoms with Crippen molar-refractivity contribution in [2.24, 2.45) is 0 Å². The molecule has 3 aromatic rings. The molecule has 0 saturated heterocycles. The van der Waals surface area contributed by atoms with Crippen molar-refractivity contribution in [3.05, 3.63) is 95.1 Å². The van der Waals surface area contributed by atoms with Crippen LogP contribution in [0, 0.1) is 13.8 Å². The molecule has 0 aliphatic heterocycles. The van der Waals surface area contributed by atoms with Gasteiger partial charge in [0, 0.05) is 24.8 Å². The quantitative estimate of drug-likeness (QED) is 0.532. The Morgan fingerprint density at radius 1 is 0.879 bits per heavy atom. The number of amides is 2. The van der Waals surface area contributed by atoms with Crippen LogP contribution in [0.5, 0.6) is 0 Å². The van der Waals surface area contributed by atoms with Gasteiger partial charge in [0.2, 0.25) is 15.9 Å². The van der Waals surface area contributed by atoms with Gasteiger partial charge in [-0.3, -0.25) is 9.59 Å². The van der Waals surface area contributed by atoms with E-state index in [1.165, 1.54) is 36.2 Å². The molecule has 3 rings (SSSR count). The molecule has 2 N–H and O–H groups in total. The first-order valence-electron chi connectivity index (χ1n) is 10.4. The Balaban J connectivity index is 1.67. The molecule has 0 aliphatic rings. The van der Waals surface area contributed by atoms with Crippen LogP contribution in [0.1, 0.15) is 27.0 Å². The van der Waals surface area contributed by atoms with Crippen LogP contribution in [0.25, 0.3) is 0 Å². The first-order valence-corrected chi connectivity index (χ1v) is 11.9. The minimum atomic E-state index is -3.81. The number of benzene rings is 3. The molecular formula is C25H27N3O4S. The molecule has 7 nitrogen and oxygen atoms in total. The molecule has 0 aliphatic carbocycles. The van der Waals surface area contributed by atoms with E-state index in [-0.39, 0.29) is 29.5 Å². The van der Waals surface area contributed by atoms with Gasteiger partial charge < -0.3 is 10.2 Å². The summed E-state index contributed by atoms with van der Waals surface area (Å²) < 4.78 is 27.9. The number of likely N-dealkylation sites (N-methyl/N-ethyl adjacent to an activating group) is 1. The molecule has 0 heterocycles. The number of hydrogen-bond acceptors (Lipinski definition) is 4. The minimum Gasteiger partial charge on any atom is -0.332 e. The van der Waals surface area contributed by atoms with Gasteiger partial charge in [-0.2, -0.15) is 0 Å². The van der Waals surface area contributed by atoms with Gasteiger partial charge in [0.05, 0.1) is 11.4 Å². The first-order chi connectivity index (χ1) is 15.7. The SMILES string of the molecule is Cc1cccc(C)c1NC(=O)CN(C)C(=O)c1cccc(S(=O)(=O)NCc2ccccc2)c1. The maximum atomic E-state index is 12.9. The maximum absolute atomic E-state index is 12.9. The number of hydrogen-bond donors (Lipinski definition) is 2. The Kier molecular flexibility index (Phi) is 7.63. The lowest BCUT2D eigenvalue weighted by atomic mass is 10.1. The topological polar surface area (TPSA) is 95.6 Å². The van der Waals surface area contributed by atoms with Gasteiger partial charge in [-0.25, -0.2) is 13.1 Å². The monoisotopic (exact) mass is 465 g/mol. The number of carbonyl (C=O) groups is 2. The molecule has 0 atom stereocenters. The number of carbonyl (C=O) groups excluding carboxylic acids is 2. The number of nitrogens with one attached hydrogen (secondary N) is 2. The Labute approximate surface area is 194 Å². The molecule has 0 saturated carbocycles. The Bertz CT molecular complexity index is 1240. The number of para-hydroxylation sites is 1. The number of anilines is 1. The van der Waals surface area contributed by atoms with Crippen molar-refractivity contribution in [1.29, 1.82) is 0 Å². The molecule has 0 unspecified atom stereocenters. The molecule has 3 aromatic carbocycles. The van der Waals surface area contributed by atoms with E-state index in [2.05, 4.69) is 10.0 Å². The molecule has 0 fully saturated rings. The van der Waals surface area contributed by atoms with E-state index in [0.717, 1.165) is 22.4 Å². The second kappa shape index (κ2) is 10.4. The summed E-state index contributed by atoms with van der Waals surface area (Å²) in [6.45, 7) is 3.76. The lowest BCUT2D eigenvalue weighted by molar-refractivity contribution is -0.116. The van der Waals surface area contributed by atoms with Crippen molar-refractivity contribution in [2.75, 3.05) is 18.9 Å². The summed E-state index contributed by atoms with van der Waals surface area (Å²) in [5.41, 5.74) is 3.58. The maximum Gasteiger partial charge on any atom is 0.254 e. The van der Waals surface area contributed by atoms with Crippen LogP contribution in [0.15, 0.2) is 77.7 Å². The Morgan fingerprint density at radius 3 is 2.18 bits per heavy atom. The van der Waals surface area contributed by atoms with Crippen LogP contribution in [0.3, 0.4) is 0 Å². The van der Waals surface area contributed by atoms with Crippen LogP contribution < -0.4 is 10.0 Å². The fourth-order valence-electron chi connectivity index (χ4n) is 3.35. The van der Waals surface area contributed by atoms with Crippen LogP contribution in [0.4, 0.5) is 5.69 Å². The predicted molar refractivity (Wildman–Crippen MR) is 128 cm³/mol. The summed E-state index contributed by atoms with van der Waals surface area (Å²) >= 11 is 0. The zero-order chi connectivity index (χ0) is 24.0. The number of nitrogens with zero attached hydrogens (tertiary/aromatic N) is 1. The van der Waals surface area contributed by atoms with Gasteiger partial charge in [0.15, 0.2) is 0 Å². The predicted octanol–water partition coefficient (Wildman–Crippen LogP) is 3.49. The highest BCUT2D eigenvalue weighted by molar-refractivity contribution is 7.89. The van der Waals surface area contributed by atoms with Gasteiger partial charge in [0.25, 0.3) is 5.91 Å². The van der Waals surface area contributed by atoms with E-state index in [1.54, 1.807) is 0 Å². The standard InChI is InChI=1S/C25H27N3O4S/c1-18-9-7-10-19(2)24(18)27-23(29)17-28(3)25(30)21-13-8-14-22(15-21)33(31,32)26-16-20-11-5-4-6-12-20/h4-15,26H,16-17H2,1-3H3,(H,27,29). The van der Waals surface area contributed by atoms with Gasteiger partial charge in [-0.05, 0) is 48.7 Å². The third kappa shape index (κ3) is 6.27. The molecule has 0 bridgehead atoms. The van der Waals surface area contributed by atoms with E-state index in [9.17, 15) is 18.0 Å². The summed E-state index contributed by atoms with van der Waals surface area (Å²) in [6, 6.07) is 20.6. The van der Waals surface area contributed by atoms with Crippen LogP contribution >= 0.6 is 0 Å². The van der Waals surface area contributed by atoms with Gasteiger partial charge in [-0.1, -0.05) is 54.6 Å². The summed E-state index contributed by atoms with van der Waals surface area (Å²) in [7, 11) is -2.31. The Morgan fingerprint density at radius 2 is 1.52 bits per heavy atom. The van der Waals surface area contributed by atoms with E-state index in [0.29, 0.717) is 0 Å². The molecule has 0 aromatic heterocycles. The fraction of sp³-hybridized carbons (Fsp3) is 0.200. The van der Waals surface area contributed by atoms with Gasteiger partial charge in [0.1, 0.15) is 0 Å². The van der Waals surface area contributed by atoms with Crippen molar-refractivity contribution in [3.8, 4) is 0 Å². The zero-order valence-corrected chi connectivity index (χ0v) is 19.6. The Hall–Kier alpha value is -3.49. The van der Waals surface area contributed by atoms with Crippen LogP contribution in [-0.4, -0.2) is 38.7 Å². The molecule has 33 heavy (non-hydrogen) atoms. The zero-order valence-electron chi connectivity index (χ0n) is 18.8. The highest BCUT2D eigenvalue weighted by Gasteiger charge is 2.20. The second-order valence-electron chi connectivity index (χ2n) is 7.81. The summed E-state index contributed by atoms with van der Waals surface area (Å²) in [5.74, 6) is -0.789. The van der Waals surface area contributed by atoms with E-state index in [1.807, 2.05) is 62.4 Å². The number of rotatable bonds is 8.